The number of carbonyl (C=O) groups is 4. The smallest absolute Gasteiger partial charge is 0.407 e. The summed E-state index contributed by atoms with van der Waals surface area (Å²) in [4.78, 5) is 93.7. The number of rotatable bonds is 14. The Labute approximate surface area is 285 Å². The molecule has 0 spiro atoms. The van der Waals surface area contributed by atoms with E-state index in [0.717, 1.165) is 5.56 Å². The van der Waals surface area contributed by atoms with E-state index in [2.05, 4.69) is 5.32 Å². The van der Waals surface area contributed by atoms with Crippen LogP contribution in [0, 0.1) is 0 Å². The average molecular weight is 691 g/mol. The molecule has 0 aliphatic rings. The fraction of sp³-hybridized carbons (Fsp3) is 0.618. The third-order valence-electron chi connectivity index (χ3n) is 6.47. The van der Waals surface area contributed by atoms with Crippen LogP contribution in [0.2, 0.25) is 0 Å². The largest absolute Gasteiger partial charge is 0.460 e. The second kappa shape index (κ2) is 17.1. The zero-order valence-corrected chi connectivity index (χ0v) is 29.9. The number of unbranched alkanes of at least 4 members (excludes halogenated alkanes) is 1. The molecule has 0 saturated heterocycles. The molecule has 0 aliphatic heterocycles. The van der Waals surface area contributed by atoms with E-state index >= 15 is 0 Å². The van der Waals surface area contributed by atoms with E-state index in [1.165, 1.54) is 0 Å². The highest BCUT2D eigenvalue weighted by molar-refractivity contribution is 5.77. The number of hydrogen-bond acceptors (Lipinski definition) is 11. The summed E-state index contributed by atoms with van der Waals surface area (Å²) in [6, 6.07) is 5.94. The Bertz CT molecular complexity index is 1620. The fourth-order valence-corrected chi connectivity index (χ4v) is 4.57. The lowest BCUT2D eigenvalue weighted by molar-refractivity contribution is -0.161. The highest BCUT2D eigenvalue weighted by Gasteiger charge is 2.35. The van der Waals surface area contributed by atoms with Gasteiger partial charge in [0.25, 0.3) is 0 Å². The van der Waals surface area contributed by atoms with Gasteiger partial charge >= 0.3 is 41.1 Å². The molecule has 272 valence electrons. The summed E-state index contributed by atoms with van der Waals surface area (Å²) in [6.45, 7) is 14.8. The van der Waals surface area contributed by atoms with E-state index in [1.54, 1.807) is 62.3 Å². The van der Waals surface area contributed by atoms with Crippen LogP contribution in [0.25, 0.3) is 0 Å². The maximum absolute atomic E-state index is 14.0. The third kappa shape index (κ3) is 14.1. The molecule has 15 nitrogen and oxygen atoms in total. The summed E-state index contributed by atoms with van der Waals surface area (Å²) in [7, 11) is 0. The van der Waals surface area contributed by atoms with Gasteiger partial charge in [-0.25, -0.2) is 37.9 Å². The highest BCUT2D eigenvalue weighted by atomic mass is 16.6. The van der Waals surface area contributed by atoms with Gasteiger partial charge in [-0.3, -0.25) is 9.78 Å². The number of alkyl carbamates (subject to hydrolysis) is 1. The maximum Gasteiger partial charge on any atom is 0.407 e. The third-order valence-corrected chi connectivity index (χ3v) is 6.47. The Morgan fingerprint density at radius 3 is 1.69 bits per heavy atom. The minimum Gasteiger partial charge on any atom is -0.460 e. The zero-order chi connectivity index (χ0) is 37.2. The number of ether oxygens (including phenoxy) is 4. The minimum atomic E-state index is -1.65. The lowest BCUT2D eigenvalue weighted by Gasteiger charge is -2.27. The van der Waals surface area contributed by atoms with E-state index in [1.807, 2.05) is 35.3 Å². The van der Waals surface area contributed by atoms with Gasteiger partial charge in [-0.15, -0.1) is 0 Å². The van der Waals surface area contributed by atoms with Gasteiger partial charge in [0.1, 0.15) is 35.5 Å². The second-order valence-corrected chi connectivity index (χ2v) is 14.5. The topological polar surface area (TPSA) is 194 Å². The first-order chi connectivity index (χ1) is 22.6. The number of nitrogens with one attached hydrogen (secondary N) is 2. The SMILES string of the molecule is CC(C)(C)OC(=O)CC[C@@H](C(=O)OC(C)(C)C)n1c(=O)[nH]c(=O)n([C@@H](CCCCNC(=O)OCc2ccccc2)C(=O)OC(C)(C)C)c1=O. The van der Waals surface area contributed by atoms with Crippen molar-refractivity contribution in [2.45, 2.75) is 130 Å². The molecule has 1 heterocycles. The van der Waals surface area contributed by atoms with E-state index < -0.39 is 70.0 Å². The van der Waals surface area contributed by atoms with Crippen LogP contribution in [0.1, 0.15) is 112 Å². The number of aromatic nitrogens is 3. The highest BCUT2D eigenvalue weighted by Crippen LogP contribution is 2.21. The summed E-state index contributed by atoms with van der Waals surface area (Å²) in [5.74, 6) is -2.63. The van der Waals surface area contributed by atoms with Crippen molar-refractivity contribution in [3.63, 3.8) is 0 Å². The predicted octanol–water partition coefficient (Wildman–Crippen LogP) is 3.68. The first kappa shape index (κ1) is 40.5. The molecular weight excluding hydrogens is 640 g/mol. The van der Waals surface area contributed by atoms with Crippen LogP contribution in [-0.2, 0) is 39.9 Å². The number of amides is 1. The zero-order valence-electron chi connectivity index (χ0n) is 29.9. The molecular formula is C34H50N4O11. The summed E-state index contributed by atoms with van der Waals surface area (Å²) < 4.78 is 22.5. The van der Waals surface area contributed by atoms with Crippen molar-refractivity contribution in [3.8, 4) is 0 Å². The molecule has 2 rings (SSSR count). The number of carbonyl (C=O) groups excluding carboxylic acids is 4. The Morgan fingerprint density at radius 1 is 0.714 bits per heavy atom. The van der Waals surface area contributed by atoms with Gasteiger partial charge in [-0.1, -0.05) is 30.3 Å². The first-order valence-electron chi connectivity index (χ1n) is 16.2. The molecule has 0 unspecified atom stereocenters. The van der Waals surface area contributed by atoms with Crippen molar-refractivity contribution in [3.05, 3.63) is 67.3 Å². The number of H-pyrrole nitrogens is 1. The molecule has 49 heavy (non-hydrogen) atoms. The Balaban J connectivity index is 2.39. The van der Waals surface area contributed by atoms with Gasteiger partial charge in [0.15, 0.2) is 0 Å². The Kier molecular flexibility index (Phi) is 14.1. The van der Waals surface area contributed by atoms with Gasteiger partial charge in [-0.2, -0.15) is 0 Å². The summed E-state index contributed by atoms with van der Waals surface area (Å²) in [5, 5.41) is 2.61. The summed E-state index contributed by atoms with van der Waals surface area (Å²) >= 11 is 0. The molecule has 1 aromatic heterocycles. The van der Waals surface area contributed by atoms with Crippen molar-refractivity contribution < 1.29 is 38.1 Å². The van der Waals surface area contributed by atoms with Crippen molar-refractivity contribution in [2.24, 2.45) is 0 Å². The van der Waals surface area contributed by atoms with E-state index in [4.69, 9.17) is 18.9 Å². The fourth-order valence-electron chi connectivity index (χ4n) is 4.57. The van der Waals surface area contributed by atoms with Crippen LogP contribution in [0.5, 0.6) is 0 Å². The molecule has 0 bridgehead atoms. The number of esters is 3. The van der Waals surface area contributed by atoms with Crippen LogP contribution < -0.4 is 22.4 Å². The van der Waals surface area contributed by atoms with E-state index in [9.17, 15) is 33.6 Å². The Hall–Kier alpha value is -4.69. The molecule has 1 amide bonds. The molecule has 2 atom stereocenters. The molecule has 15 heteroatoms. The van der Waals surface area contributed by atoms with E-state index in [0.29, 0.717) is 15.6 Å². The molecule has 0 radical (unpaired) electrons. The molecule has 1 aromatic carbocycles. The van der Waals surface area contributed by atoms with Gasteiger partial charge in [0, 0.05) is 13.0 Å². The van der Waals surface area contributed by atoms with Gasteiger partial charge < -0.3 is 24.3 Å². The Morgan fingerprint density at radius 2 is 1.20 bits per heavy atom. The minimum absolute atomic E-state index is 0.0802. The standard InChI is InChI=1S/C34H50N4O11/c1-32(2,3)47-25(39)19-18-24(27(41)49-34(7,8)9)38-29(43)36-28(42)37(31(38)45)23(26(40)48-33(4,5)6)17-13-14-20-35-30(44)46-21-22-15-11-10-12-16-22/h10-12,15-16,23-24H,13-14,17-21H2,1-9H3,(H,35,44)(H,36,42,43)/t23-,24-/m0/s1. The maximum atomic E-state index is 14.0. The van der Waals surface area contributed by atoms with Crippen LogP contribution in [-0.4, -0.2) is 61.5 Å². The van der Waals surface area contributed by atoms with Gasteiger partial charge in [-0.05, 0) is 93.6 Å². The van der Waals surface area contributed by atoms with Crippen LogP contribution in [0.15, 0.2) is 44.7 Å². The van der Waals surface area contributed by atoms with Gasteiger partial charge in [0.05, 0.1) is 0 Å². The molecule has 2 N–H and O–H groups in total. The predicted molar refractivity (Wildman–Crippen MR) is 179 cm³/mol. The number of aromatic amines is 1. The van der Waals surface area contributed by atoms with Crippen LogP contribution >= 0.6 is 0 Å². The molecule has 2 aromatic rings. The quantitative estimate of drug-likeness (QED) is 0.167. The first-order valence-corrected chi connectivity index (χ1v) is 16.2. The summed E-state index contributed by atoms with van der Waals surface area (Å²) in [6.07, 6.45) is -0.959. The van der Waals surface area contributed by atoms with Crippen molar-refractivity contribution in [1.82, 2.24) is 19.4 Å². The lowest BCUT2D eigenvalue weighted by atomic mass is 10.1. The molecule has 0 saturated carbocycles. The van der Waals surface area contributed by atoms with E-state index in [-0.39, 0.29) is 38.8 Å². The van der Waals surface area contributed by atoms with Crippen LogP contribution in [0.3, 0.4) is 0 Å². The van der Waals surface area contributed by atoms with Crippen LogP contribution in [0.4, 0.5) is 4.79 Å². The second-order valence-electron chi connectivity index (χ2n) is 14.5. The number of hydrogen-bond donors (Lipinski definition) is 2. The number of benzene rings is 1. The lowest BCUT2D eigenvalue weighted by Crippen LogP contribution is -2.55. The average Bonchev–Trinajstić information content (AvgIpc) is 2.94. The van der Waals surface area contributed by atoms with Gasteiger partial charge in [0.2, 0.25) is 0 Å². The normalized spacial score (nSPS) is 13.2. The van der Waals surface area contributed by atoms with Crippen molar-refractivity contribution in [1.29, 1.82) is 0 Å². The van der Waals surface area contributed by atoms with Crippen molar-refractivity contribution >= 4 is 24.0 Å². The molecule has 0 fully saturated rings. The monoisotopic (exact) mass is 690 g/mol. The molecule has 0 aliphatic carbocycles. The summed E-state index contributed by atoms with van der Waals surface area (Å²) in [5.41, 5.74) is -5.75. The number of nitrogens with zero attached hydrogens (tertiary/aromatic N) is 2. The van der Waals surface area contributed by atoms with Crippen molar-refractivity contribution in [2.75, 3.05) is 6.54 Å².